The van der Waals surface area contributed by atoms with Crippen LogP contribution in [0.1, 0.15) is 6.92 Å². The van der Waals surface area contributed by atoms with E-state index < -0.39 is 0 Å². The van der Waals surface area contributed by atoms with Crippen molar-refractivity contribution in [3.63, 3.8) is 0 Å². The van der Waals surface area contributed by atoms with Crippen LogP contribution in [0, 0.1) is 0 Å². The summed E-state index contributed by atoms with van der Waals surface area (Å²) in [6, 6.07) is 13.7. The van der Waals surface area contributed by atoms with E-state index in [4.69, 9.17) is 15.2 Å². The Hall–Kier alpha value is -2.16. The largest absolute Gasteiger partial charge is 0.497 e. The number of ether oxygens (including phenoxy) is 2. The highest BCUT2D eigenvalue weighted by Gasteiger charge is 2.04. The van der Waals surface area contributed by atoms with Gasteiger partial charge in [-0.05, 0) is 42.3 Å². The molecule has 18 heavy (non-hydrogen) atoms. The molecule has 0 saturated carbocycles. The molecule has 0 aliphatic carbocycles. The zero-order chi connectivity index (χ0) is 13.0. The summed E-state index contributed by atoms with van der Waals surface area (Å²) < 4.78 is 10.6. The first kappa shape index (κ1) is 12.3. The minimum absolute atomic E-state index is 0.614. The van der Waals surface area contributed by atoms with E-state index in [0.29, 0.717) is 12.3 Å². The maximum Gasteiger partial charge on any atom is 0.142 e. The molecule has 2 N–H and O–H groups in total. The molecule has 0 amide bonds. The summed E-state index contributed by atoms with van der Waals surface area (Å²) in [5.41, 5.74) is 8.73. The minimum Gasteiger partial charge on any atom is -0.497 e. The van der Waals surface area contributed by atoms with Gasteiger partial charge in [-0.25, -0.2) is 0 Å². The third kappa shape index (κ3) is 2.56. The van der Waals surface area contributed by atoms with Crippen LogP contribution >= 0.6 is 0 Å². The second kappa shape index (κ2) is 5.45. The van der Waals surface area contributed by atoms with E-state index in [1.807, 2.05) is 49.4 Å². The van der Waals surface area contributed by atoms with Gasteiger partial charge in [-0.15, -0.1) is 0 Å². The van der Waals surface area contributed by atoms with Gasteiger partial charge >= 0.3 is 0 Å². The van der Waals surface area contributed by atoms with Gasteiger partial charge in [0.1, 0.15) is 11.5 Å². The van der Waals surface area contributed by atoms with E-state index in [9.17, 15) is 0 Å². The summed E-state index contributed by atoms with van der Waals surface area (Å²) in [7, 11) is 1.66. The van der Waals surface area contributed by atoms with Crippen molar-refractivity contribution in [2.75, 3.05) is 19.5 Å². The van der Waals surface area contributed by atoms with Crippen molar-refractivity contribution in [3.8, 4) is 22.6 Å². The quantitative estimate of drug-likeness (QED) is 0.837. The Balaban J connectivity index is 2.35. The molecule has 0 aromatic heterocycles. The topological polar surface area (TPSA) is 44.5 Å². The number of benzene rings is 2. The Morgan fingerprint density at radius 2 is 1.83 bits per heavy atom. The molecule has 0 radical (unpaired) electrons. The Morgan fingerprint density at radius 3 is 2.50 bits per heavy atom. The fraction of sp³-hybridized carbons (Fsp3) is 0.200. The van der Waals surface area contributed by atoms with Crippen molar-refractivity contribution in [1.29, 1.82) is 0 Å². The zero-order valence-corrected chi connectivity index (χ0v) is 10.6. The van der Waals surface area contributed by atoms with Crippen molar-refractivity contribution in [3.05, 3.63) is 42.5 Å². The fourth-order valence-corrected chi connectivity index (χ4v) is 1.82. The molecule has 0 saturated heterocycles. The summed E-state index contributed by atoms with van der Waals surface area (Å²) in [6.07, 6.45) is 0. The summed E-state index contributed by atoms with van der Waals surface area (Å²) >= 11 is 0. The average molecular weight is 243 g/mol. The maximum atomic E-state index is 5.96. The van der Waals surface area contributed by atoms with Crippen LogP contribution in [0.4, 0.5) is 5.69 Å². The van der Waals surface area contributed by atoms with Gasteiger partial charge < -0.3 is 15.2 Å². The average Bonchev–Trinajstić information content (AvgIpc) is 2.41. The SMILES string of the molecule is CCOc1ccc(-c2cccc(OC)c2)cc1N. The van der Waals surface area contributed by atoms with Gasteiger partial charge in [0.2, 0.25) is 0 Å². The van der Waals surface area contributed by atoms with Crippen molar-refractivity contribution in [2.45, 2.75) is 6.92 Å². The first-order valence-electron chi connectivity index (χ1n) is 5.91. The van der Waals surface area contributed by atoms with Crippen LogP contribution < -0.4 is 15.2 Å². The van der Waals surface area contributed by atoms with Gasteiger partial charge in [0.25, 0.3) is 0 Å². The third-order valence-corrected chi connectivity index (χ3v) is 2.71. The minimum atomic E-state index is 0.614. The number of anilines is 1. The molecule has 0 aliphatic rings. The third-order valence-electron chi connectivity index (χ3n) is 2.71. The molecule has 2 aromatic rings. The molecule has 2 aromatic carbocycles. The van der Waals surface area contributed by atoms with Gasteiger partial charge in [0.05, 0.1) is 19.4 Å². The number of methoxy groups -OCH3 is 1. The van der Waals surface area contributed by atoms with Gasteiger partial charge in [-0.3, -0.25) is 0 Å². The van der Waals surface area contributed by atoms with Gasteiger partial charge in [-0.2, -0.15) is 0 Å². The molecule has 0 heterocycles. The van der Waals surface area contributed by atoms with Gasteiger partial charge in [0.15, 0.2) is 0 Å². The fourth-order valence-electron chi connectivity index (χ4n) is 1.82. The molecule has 94 valence electrons. The van der Waals surface area contributed by atoms with E-state index in [2.05, 4.69) is 0 Å². The predicted molar refractivity (Wildman–Crippen MR) is 74.0 cm³/mol. The summed E-state index contributed by atoms with van der Waals surface area (Å²) in [4.78, 5) is 0. The first-order chi connectivity index (χ1) is 8.74. The number of rotatable bonds is 4. The van der Waals surface area contributed by atoms with Crippen LogP contribution in [0.2, 0.25) is 0 Å². The highest BCUT2D eigenvalue weighted by Crippen LogP contribution is 2.30. The predicted octanol–water partition coefficient (Wildman–Crippen LogP) is 3.34. The van der Waals surface area contributed by atoms with E-state index in [-0.39, 0.29) is 0 Å². The lowest BCUT2D eigenvalue weighted by Gasteiger charge is -2.09. The van der Waals surface area contributed by atoms with Crippen molar-refractivity contribution in [2.24, 2.45) is 0 Å². The normalized spacial score (nSPS) is 10.1. The Kier molecular flexibility index (Phi) is 3.72. The van der Waals surface area contributed by atoms with Crippen LogP contribution in [0.15, 0.2) is 42.5 Å². The molecule has 2 rings (SSSR count). The lowest BCUT2D eigenvalue weighted by Crippen LogP contribution is -1.96. The van der Waals surface area contributed by atoms with E-state index in [0.717, 1.165) is 22.6 Å². The van der Waals surface area contributed by atoms with Crippen molar-refractivity contribution < 1.29 is 9.47 Å². The van der Waals surface area contributed by atoms with E-state index in [1.165, 1.54) is 0 Å². The standard InChI is InChI=1S/C15H17NO2/c1-3-18-15-8-7-12(10-14(15)16)11-5-4-6-13(9-11)17-2/h4-10H,3,16H2,1-2H3. The van der Waals surface area contributed by atoms with E-state index in [1.54, 1.807) is 7.11 Å². The summed E-state index contributed by atoms with van der Waals surface area (Å²) in [5.74, 6) is 1.56. The van der Waals surface area contributed by atoms with Gasteiger partial charge in [-0.1, -0.05) is 18.2 Å². The molecule has 3 heteroatoms. The zero-order valence-electron chi connectivity index (χ0n) is 10.6. The number of hydrogen-bond donors (Lipinski definition) is 1. The van der Waals surface area contributed by atoms with Gasteiger partial charge in [0, 0.05) is 0 Å². The van der Waals surface area contributed by atoms with E-state index >= 15 is 0 Å². The highest BCUT2D eigenvalue weighted by molar-refractivity contribution is 5.71. The molecule has 0 fully saturated rings. The second-order valence-corrected chi connectivity index (χ2v) is 3.92. The highest BCUT2D eigenvalue weighted by atomic mass is 16.5. The molecule has 0 aliphatic heterocycles. The van der Waals surface area contributed by atoms with Crippen LogP contribution in [0.3, 0.4) is 0 Å². The van der Waals surface area contributed by atoms with Crippen LogP contribution in [0.25, 0.3) is 11.1 Å². The molecule has 0 atom stereocenters. The van der Waals surface area contributed by atoms with Crippen LogP contribution in [-0.4, -0.2) is 13.7 Å². The Morgan fingerprint density at radius 1 is 1.06 bits per heavy atom. The lowest BCUT2D eigenvalue weighted by atomic mass is 10.0. The van der Waals surface area contributed by atoms with Crippen molar-refractivity contribution >= 4 is 5.69 Å². The monoisotopic (exact) mass is 243 g/mol. The molecule has 3 nitrogen and oxygen atoms in total. The van der Waals surface area contributed by atoms with Crippen molar-refractivity contribution in [1.82, 2.24) is 0 Å². The maximum absolute atomic E-state index is 5.96. The Labute approximate surface area is 107 Å². The molecule has 0 unspecified atom stereocenters. The summed E-state index contributed by atoms with van der Waals surface area (Å²) in [6.45, 7) is 2.55. The molecular weight excluding hydrogens is 226 g/mol. The first-order valence-corrected chi connectivity index (χ1v) is 5.91. The lowest BCUT2D eigenvalue weighted by molar-refractivity contribution is 0.342. The smallest absolute Gasteiger partial charge is 0.142 e. The van der Waals surface area contributed by atoms with Crippen LogP contribution in [-0.2, 0) is 0 Å². The Bertz CT molecular complexity index is 538. The molecular formula is C15H17NO2. The number of nitrogen functional groups attached to an aromatic ring is 1. The summed E-state index contributed by atoms with van der Waals surface area (Å²) in [5, 5.41) is 0. The second-order valence-electron chi connectivity index (χ2n) is 3.92. The molecule has 0 bridgehead atoms. The number of nitrogens with two attached hydrogens (primary N) is 1. The molecule has 0 spiro atoms. The number of hydrogen-bond acceptors (Lipinski definition) is 3. The van der Waals surface area contributed by atoms with Crippen LogP contribution in [0.5, 0.6) is 11.5 Å².